The number of hydrogen-bond acceptors (Lipinski definition) is 4. The van der Waals surface area contributed by atoms with E-state index >= 15 is 0 Å². The second-order valence-corrected chi connectivity index (χ2v) is 6.40. The fourth-order valence-electron chi connectivity index (χ4n) is 2.39. The summed E-state index contributed by atoms with van der Waals surface area (Å²) in [6, 6.07) is 0. The lowest BCUT2D eigenvalue weighted by Gasteiger charge is -2.29. The molecule has 0 aromatic carbocycles. The Morgan fingerprint density at radius 2 is 1.94 bits per heavy atom. The van der Waals surface area contributed by atoms with Gasteiger partial charge < -0.3 is 4.52 Å². The average molecular weight is 257 g/mol. The zero-order valence-electron chi connectivity index (χ0n) is 9.50. The smallest absolute Gasteiger partial charge is 0.282 e. The lowest BCUT2D eigenvalue weighted by atomic mass is 10.1. The lowest BCUT2D eigenvalue weighted by molar-refractivity contribution is 0.312. The normalized spacial score (nSPS) is 22.8. The molecule has 0 N–H and O–H groups in total. The van der Waals surface area contributed by atoms with E-state index in [9.17, 15) is 8.42 Å². The van der Waals surface area contributed by atoms with Crippen molar-refractivity contribution in [2.45, 2.75) is 25.8 Å². The van der Waals surface area contributed by atoms with Crippen LogP contribution >= 0.6 is 0 Å². The first-order valence-electron chi connectivity index (χ1n) is 5.85. The molecule has 2 aliphatic rings. The summed E-state index contributed by atoms with van der Waals surface area (Å²) in [4.78, 5) is 0. The molecule has 1 aromatic heterocycles. The van der Waals surface area contributed by atoms with Crippen LogP contribution in [-0.2, 0) is 23.2 Å². The predicted molar refractivity (Wildman–Crippen MR) is 60.3 cm³/mol. The molecule has 6 nitrogen and oxygen atoms in total. The fourth-order valence-corrected chi connectivity index (χ4v) is 4.06. The molecule has 0 unspecified atom stereocenters. The molecule has 94 valence electrons. The van der Waals surface area contributed by atoms with E-state index < -0.39 is 10.2 Å². The van der Waals surface area contributed by atoms with Crippen LogP contribution in [0.2, 0.25) is 0 Å². The third kappa shape index (κ3) is 1.88. The monoisotopic (exact) mass is 257 g/mol. The average Bonchev–Trinajstić information content (AvgIpc) is 2.99. The van der Waals surface area contributed by atoms with E-state index in [4.69, 9.17) is 4.52 Å². The molecule has 3 rings (SSSR count). The zero-order valence-corrected chi connectivity index (χ0v) is 10.3. The van der Waals surface area contributed by atoms with Crippen molar-refractivity contribution in [3.05, 3.63) is 17.5 Å². The minimum absolute atomic E-state index is 0.387. The van der Waals surface area contributed by atoms with Crippen LogP contribution in [0.5, 0.6) is 0 Å². The Morgan fingerprint density at radius 3 is 2.71 bits per heavy atom. The van der Waals surface area contributed by atoms with Crippen molar-refractivity contribution in [2.24, 2.45) is 0 Å². The molecule has 0 saturated carbocycles. The second-order valence-electron chi connectivity index (χ2n) is 4.47. The molecule has 1 saturated heterocycles. The number of nitrogens with zero attached hydrogens (tertiary/aromatic N) is 3. The highest BCUT2D eigenvalue weighted by Crippen LogP contribution is 2.24. The summed E-state index contributed by atoms with van der Waals surface area (Å²) in [5.74, 6) is 0.817. The molecule has 0 bridgehead atoms. The van der Waals surface area contributed by atoms with Gasteiger partial charge in [-0.3, -0.25) is 0 Å². The van der Waals surface area contributed by atoms with Crippen LogP contribution in [0.25, 0.3) is 0 Å². The Kier molecular flexibility index (Phi) is 2.68. The summed E-state index contributed by atoms with van der Waals surface area (Å²) in [6.45, 7) is 2.17. The van der Waals surface area contributed by atoms with Crippen LogP contribution in [-0.4, -0.2) is 41.8 Å². The molecule has 1 fully saturated rings. The Bertz CT molecular complexity index is 505. The van der Waals surface area contributed by atoms with E-state index in [1.54, 1.807) is 10.5 Å². The van der Waals surface area contributed by atoms with Crippen molar-refractivity contribution < 1.29 is 12.9 Å². The lowest BCUT2D eigenvalue weighted by Crippen LogP contribution is -2.44. The van der Waals surface area contributed by atoms with E-state index in [-0.39, 0.29) is 0 Å². The molecule has 0 radical (unpaired) electrons. The molecule has 17 heavy (non-hydrogen) atoms. The van der Waals surface area contributed by atoms with Crippen LogP contribution in [0.4, 0.5) is 0 Å². The number of rotatable bonds is 2. The van der Waals surface area contributed by atoms with E-state index in [2.05, 4.69) is 5.16 Å². The van der Waals surface area contributed by atoms with Crippen molar-refractivity contribution in [3.8, 4) is 0 Å². The van der Waals surface area contributed by atoms with Gasteiger partial charge >= 0.3 is 0 Å². The maximum absolute atomic E-state index is 12.3. The van der Waals surface area contributed by atoms with Crippen molar-refractivity contribution in [1.82, 2.24) is 13.8 Å². The number of aromatic nitrogens is 1. The minimum Gasteiger partial charge on any atom is -0.361 e. The highest BCUT2D eigenvalue weighted by molar-refractivity contribution is 7.86. The highest BCUT2D eigenvalue weighted by atomic mass is 32.2. The molecule has 0 atom stereocenters. The largest absolute Gasteiger partial charge is 0.361 e. The molecule has 3 heterocycles. The van der Waals surface area contributed by atoms with E-state index in [1.807, 2.05) is 0 Å². The van der Waals surface area contributed by atoms with Gasteiger partial charge in [-0.1, -0.05) is 5.16 Å². The third-order valence-corrected chi connectivity index (χ3v) is 5.36. The minimum atomic E-state index is -3.29. The fraction of sp³-hybridized carbons (Fsp3) is 0.700. The SMILES string of the molecule is O=S(=O)(N1CCCC1)N1CCc2oncc2C1. The maximum Gasteiger partial charge on any atom is 0.282 e. The summed E-state index contributed by atoms with van der Waals surface area (Å²) >= 11 is 0. The van der Waals surface area contributed by atoms with E-state index in [1.165, 1.54) is 4.31 Å². The van der Waals surface area contributed by atoms with Gasteiger partial charge in [0.05, 0.1) is 6.20 Å². The maximum atomic E-state index is 12.3. The molecule has 0 aliphatic carbocycles. The van der Waals surface area contributed by atoms with Gasteiger partial charge in [0.15, 0.2) is 0 Å². The number of fused-ring (bicyclic) bond motifs is 1. The Morgan fingerprint density at radius 1 is 1.18 bits per heavy atom. The summed E-state index contributed by atoms with van der Waals surface area (Å²) in [7, 11) is -3.29. The molecule has 0 spiro atoms. The standard InChI is InChI=1S/C10H15N3O3S/c14-17(15,12-4-1-2-5-12)13-6-3-10-9(8-13)7-11-16-10/h7H,1-6,8H2. The van der Waals surface area contributed by atoms with Gasteiger partial charge in [-0.05, 0) is 12.8 Å². The summed E-state index contributed by atoms with van der Waals surface area (Å²) in [6.07, 6.45) is 4.15. The highest BCUT2D eigenvalue weighted by Gasteiger charge is 2.34. The third-order valence-electron chi connectivity index (χ3n) is 3.38. The van der Waals surface area contributed by atoms with Crippen LogP contribution in [0.15, 0.2) is 10.7 Å². The van der Waals surface area contributed by atoms with Crippen molar-refractivity contribution >= 4 is 10.2 Å². The molecule has 7 heteroatoms. The summed E-state index contributed by atoms with van der Waals surface area (Å²) in [5, 5.41) is 3.71. The molecule has 0 amide bonds. The molecule has 1 aromatic rings. The van der Waals surface area contributed by atoms with Gasteiger partial charge in [-0.25, -0.2) is 0 Å². The topological polar surface area (TPSA) is 66.7 Å². The number of hydrogen-bond donors (Lipinski definition) is 0. The van der Waals surface area contributed by atoms with Gasteiger partial charge in [0.2, 0.25) is 0 Å². The van der Waals surface area contributed by atoms with Crippen molar-refractivity contribution in [2.75, 3.05) is 19.6 Å². The van der Waals surface area contributed by atoms with Gasteiger partial charge in [-0.2, -0.15) is 17.0 Å². The quantitative estimate of drug-likeness (QED) is 0.768. The Hall–Kier alpha value is -0.920. The first-order chi connectivity index (χ1) is 8.18. The van der Waals surface area contributed by atoms with Crippen molar-refractivity contribution in [3.63, 3.8) is 0 Å². The van der Waals surface area contributed by atoms with E-state index in [0.717, 1.165) is 24.2 Å². The molecular weight excluding hydrogens is 242 g/mol. The molecule has 2 aliphatic heterocycles. The van der Waals surface area contributed by atoms with Crippen LogP contribution in [0, 0.1) is 0 Å². The van der Waals surface area contributed by atoms with Gasteiger partial charge in [0.25, 0.3) is 10.2 Å². The predicted octanol–water partition coefficient (Wildman–Crippen LogP) is 0.373. The molecular formula is C10H15N3O3S. The first kappa shape index (κ1) is 11.2. The van der Waals surface area contributed by atoms with E-state index in [0.29, 0.717) is 32.6 Å². The second kappa shape index (κ2) is 4.08. The van der Waals surface area contributed by atoms with Gasteiger partial charge in [0.1, 0.15) is 5.76 Å². The summed E-state index contributed by atoms with van der Waals surface area (Å²) in [5.41, 5.74) is 0.888. The van der Waals surface area contributed by atoms with Crippen LogP contribution in [0.1, 0.15) is 24.2 Å². The van der Waals surface area contributed by atoms with Gasteiger partial charge in [0, 0.05) is 38.2 Å². The zero-order chi connectivity index (χ0) is 11.9. The van der Waals surface area contributed by atoms with Gasteiger partial charge in [-0.15, -0.1) is 0 Å². The van der Waals surface area contributed by atoms with Crippen molar-refractivity contribution in [1.29, 1.82) is 0 Å². The Balaban J connectivity index is 1.82. The Labute approximate surface area is 100 Å². The summed E-state index contributed by atoms with van der Waals surface area (Å²) < 4.78 is 32.8. The van der Waals surface area contributed by atoms with Crippen LogP contribution in [0.3, 0.4) is 0 Å². The van der Waals surface area contributed by atoms with Crippen LogP contribution < -0.4 is 0 Å². The first-order valence-corrected chi connectivity index (χ1v) is 7.25.